The van der Waals surface area contributed by atoms with Crippen LogP contribution in [0.2, 0.25) is 0 Å². The third kappa shape index (κ3) is 1.80. The van der Waals surface area contributed by atoms with E-state index in [0.717, 1.165) is 46.8 Å². The van der Waals surface area contributed by atoms with Gasteiger partial charge in [-0.1, -0.05) is 0 Å². The molecule has 108 valence electrons. The minimum Gasteiger partial charge on any atom is -0.390 e. The van der Waals surface area contributed by atoms with Crippen LogP contribution in [0.25, 0.3) is 22.4 Å². The molecule has 2 aromatic heterocycles. The smallest absolute Gasteiger partial charge is 0.144 e. The van der Waals surface area contributed by atoms with Gasteiger partial charge in [0.05, 0.1) is 21.6 Å². The van der Waals surface area contributed by atoms with Crippen LogP contribution < -0.4 is 5.73 Å². The number of rotatable bonds is 2. The molecular formula is C16H16FN3S. The van der Waals surface area contributed by atoms with E-state index in [9.17, 15) is 4.39 Å². The second kappa shape index (κ2) is 4.56. The summed E-state index contributed by atoms with van der Waals surface area (Å²) in [5, 5.41) is 0.838. The molecular weight excluding hydrogens is 285 g/mol. The highest BCUT2D eigenvalue weighted by atomic mass is 32.1. The SMILES string of the molecule is CCn1c(-c2c(N)sc3c2CCC3)nc2ccc(F)cc21. The Bertz CT molecular complexity index is 847. The maximum Gasteiger partial charge on any atom is 0.144 e. The van der Waals surface area contributed by atoms with Crippen molar-refractivity contribution in [2.45, 2.75) is 32.7 Å². The lowest BCUT2D eigenvalue weighted by atomic mass is 10.1. The zero-order valence-electron chi connectivity index (χ0n) is 11.8. The molecule has 0 amide bonds. The highest BCUT2D eigenvalue weighted by Crippen LogP contribution is 2.43. The fourth-order valence-corrected chi connectivity index (χ4v) is 4.43. The van der Waals surface area contributed by atoms with Crippen molar-refractivity contribution < 1.29 is 4.39 Å². The molecule has 0 aliphatic heterocycles. The van der Waals surface area contributed by atoms with Gasteiger partial charge in [-0.15, -0.1) is 11.3 Å². The number of fused-ring (bicyclic) bond motifs is 2. The molecule has 0 spiro atoms. The lowest BCUT2D eigenvalue weighted by molar-refractivity contribution is 0.628. The van der Waals surface area contributed by atoms with Crippen LogP contribution in [0, 0.1) is 5.82 Å². The van der Waals surface area contributed by atoms with E-state index in [0.29, 0.717) is 0 Å². The molecule has 0 saturated carbocycles. The molecule has 2 N–H and O–H groups in total. The maximum atomic E-state index is 13.5. The number of nitrogen functional groups attached to an aromatic ring is 1. The molecule has 1 aliphatic rings. The van der Waals surface area contributed by atoms with Crippen LogP contribution >= 0.6 is 11.3 Å². The second-order valence-corrected chi connectivity index (χ2v) is 6.55. The van der Waals surface area contributed by atoms with Crippen molar-refractivity contribution in [1.82, 2.24) is 9.55 Å². The predicted molar refractivity (Wildman–Crippen MR) is 85.1 cm³/mol. The molecule has 21 heavy (non-hydrogen) atoms. The van der Waals surface area contributed by atoms with E-state index in [2.05, 4.69) is 11.5 Å². The average molecular weight is 301 g/mol. The maximum absolute atomic E-state index is 13.5. The summed E-state index contributed by atoms with van der Waals surface area (Å²) in [6.07, 6.45) is 3.38. The molecule has 0 radical (unpaired) electrons. The zero-order chi connectivity index (χ0) is 14.6. The van der Waals surface area contributed by atoms with Crippen molar-refractivity contribution in [3.8, 4) is 11.4 Å². The van der Waals surface area contributed by atoms with Gasteiger partial charge in [0.25, 0.3) is 0 Å². The first kappa shape index (κ1) is 12.8. The van der Waals surface area contributed by atoms with E-state index in [-0.39, 0.29) is 5.82 Å². The number of benzene rings is 1. The summed E-state index contributed by atoms with van der Waals surface area (Å²) in [5.41, 5.74) is 10.3. The quantitative estimate of drug-likeness (QED) is 0.777. The van der Waals surface area contributed by atoms with Gasteiger partial charge in [-0.05, 0) is 49.9 Å². The third-order valence-corrected chi connectivity index (χ3v) is 5.32. The van der Waals surface area contributed by atoms with Gasteiger partial charge in [0.15, 0.2) is 0 Å². The summed E-state index contributed by atoms with van der Waals surface area (Å²) in [5.74, 6) is 0.655. The van der Waals surface area contributed by atoms with Gasteiger partial charge in [-0.2, -0.15) is 0 Å². The number of nitrogens with two attached hydrogens (primary N) is 1. The van der Waals surface area contributed by atoms with Crippen LogP contribution in [0.5, 0.6) is 0 Å². The Labute approximate surface area is 126 Å². The van der Waals surface area contributed by atoms with Crippen LogP contribution in [-0.4, -0.2) is 9.55 Å². The predicted octanol–water partition coefficient (Wildman–Crippen LogP) is 3.99. The van der Waals surface area contributed by atoms with Gasteiger partial charge in [0, 0.05) is 11.4 Å². The zero-order valence-corrected chi connectivity index (χ0v) is 12.6. The van der Waals surface area contributed by atoms with Gasteiger partial charge in [0.1, 0.15) is 11.6 Å². The van der Waals surface area contributed by atoms with Gasteiger partial charge in [0.2, 0.25) is 0 Å². The molecule has 0 saturated heterocycles. The topological polar surface area (TPSA) is 43.8 Å². The summed E-state index contributed by atoms with van der Waals surface area (Å²) in [7, 11) is 0. The second-order valence-electron chi connectivity index (χ2n) is 5.41. The molecule has 1 aromatic carbocycles. The Morgan fingerprint density at radius 2 is 2.24 bits per heavy atom. The number of aromatic nitrogens is 2. The van der Waals surface area contributed by atoms with E-state index >= 15 is 0 Å². The number of halogens is 1. The average Bonchev–Trinajstić information content (AvgIpc) is 3.10. The molecule has 4 rings (SSSR count). The van der Waals surface area contributed by atoms with E-state index < -0.39 is 0 Å². The number of hydrogen-bond donors (Lipinski definition) is 1. The van der Waals surface area contributed by atoms with E-state index in [1.807, 2.05) is 0 Å². The van der Waals surface area contributed by atoms with Gasteiger partial charge < -0.3 is 10.3 Å². The van der Waals surface area contributed by atoms with Crippen LogP contribution in [0.4, 0.5) is 9.39 Å². The fourth-order valence-electron chi connectivity index (χ4n) is 3.28. The molecule has 3 aromatic rings. The monoisotopic (exact) mass is 301 g/mol. The van der Waals surface area contributed by atoms with Crippen molar-refractivity contribution in [1.29, 1.82) is 0 Å². The van der Waals surface area contributed by atoms with Crippen LogP contribution in [0.15, 0.2) is 18.2 Å². The Kier molecular flexibility index (Phi) is 2.79. The number of thiophene rings is 1. The number of anilines is 1. The number of aryl methyl sites for hydroxylation is 2. The molecule has 0 fully saturated rings. The number of imidazole rings is 1. The Balaban J connectivity index is 2.03. The number of hydrogen-bond acceptors (Lipinski definition) is 3. The Morgan fingerprint density at radius 3 is 3.05 bits per heavy atom. The normalized spacial score (nSPS) is 14.0. The first-order chi connectivity index (χ1) is 10.2. The highest BCUT2D eigenvalue weighted by molar-refractivity contribution is 7.16. The first-order valence-electron chi connectivity index (χ1n) is 7.25. The lowest BCUT2D eigenvalue weighted by Gasteiger charge is -2.07. The van der Waals surface area contributed by atoms with Crippen molar-refractivity contribution in [3.63, 3.8) is 0 Å². The summed E-state index contributed by atoms with van der Waals surface area (Å²) < 4.78 is 15.6. The minimum atomic E-state index is -0.229. The fraction of sp³-hybridized carbons (Fsp3) is 0.312. The van der Waals surface area contributed by atoms with Crippen molar-refractivity contribution >= 4 is 27.4 Å². The molecule has 1 aliphatic carbocycles. The van der Waals surface area contributed by atoms with Crippen LogP contribution in [-0.2, 0) is 19.4 Å². The van der Waals surface area contributed by atoms with E-state index in [4.69, 9.17) is 10.7 Å². The molecule has 5 heteroatoms. The Hall–Kier alpha value is -1.88. The highest BCUT2D eigenvalue weighted by Gasteiger charge is 2.25. The molecule has 0 bridgehead atoms. The largest absolute Gasteiger partial charge is 0.390 e. The van der Waals surface area contributed by atoms with Gasteiger partial charge >= 0.3 is 0 Å². The Morgan fingerprint density at radius 1 is 1.38 bits per heavy atom. The summed E-state index contributed by atoms with van der Waals surface area (Å²) in [4.78, 5) is 6.12. The van der Waals surface area contributed by atoms with Gasteiger partial charge in [-0.3, -0.25) is 0 Å². The molecule has 2 heterocycles. The summed E-state index contributed by atoms with van der Waals surface area (Å²) in [6, 6.07) is 4.75. The van der Waals surface area contributed by atoms with Crippen molar-refractivity contribution in [2.24, 2.45) is 0 Å². The van der Waals surface area contributed by atoms with Crippen molar-refractivity contribution in [3.05, 3.63) is 34.5 Å². The third-order valence-electron chi connectivity index (χ3n) is 4.20. The van der Waals surface area contributed by atoms with E-state index in [1.165, 1.54) is 22.9 Å². The summed E-state index contributed by atoms with van der Waals surface area (Å²) >= 11 is 1.68. The van der Waals surface area contributed by atoms with Gasteiger partial charge in [-0.25, -0.2) is 9.37 Å². The summed E-state index contributed by atoms with van der Waals surface area (Å²) in [6.45, 7) is 2.80. The molecule has 0 unspecified atom stereocenters. The molecule has 0 atom stereocenters. The standard InChI is InChI=1S/C16H16FN3S/c1-2-20-12-8-9(17)6-7-11(12)19-16(20)14-10-4-3-5-13(10)21-15(14)18/h6-8H,2-5,18H2,1H3. The molecule has 3 nitrogen and oxygen atoms in total. The van der Waals surface area contributed by atoms with Crippen LogP contribution in [0.1, 0.15) is 23.8 Å². The lowest BCUT2D eigenvalue weighted by Crippen LogP contribution is -2.00. The van der Waals surface area contributed by atoms with E-state index in [1.54, 1.807) is 23.5 Å². The van der Waals surface area contributed by atoms with Crippen LogP contribution in [0.3, 0.4) is 0 Å². The minimum absolute atomic E-state index is 0.229. The first-order valence-corrected chi connectivity index (χ1v) is 8.07. The number of nitrogens with zero attached hydrogens (tertiary/aromatic N) is 2. The van der Waals surface area contributed by atoms with Crippen molar-refractivity contribution in [2.75, 3.05) is 5.73 Å².